The Labute approximate surface area is 368 Å². The van der Waals surface area contributed by atoms with Gasteiger partial charge in [0.05, 0.1) is 25.4 Å². The fourth-order valence-corrected chi connectivity index (χ4v) is 7.89. The number of nitrogens with one attached hydrogen (secondary N) is 1. The van der Waals surface area contributed by atoms with Crippen molar-refractivity contribution in [1.29, 1.82) is 0 Å². The number of carbonyl (C=O) groups excluding carboxylic acids is 1. The van der Waals surface area contributed by atoms with Gasteiger partial charge in [0.1, 0.15) is 24.4 Å². The third-order valence-corrected chi connectivity index (χ3v) is 11.9. The summed E-state index contributed by atoms with van der Waals surface area (Å²) in [5, 5.41) is 54.2. The third kappa shape index (κ3) is 31.3. The van der Waals surface area contributed by atoms with Crippen LogP contribution in [0.3, 0.4) is 0 Å². The molecule has 60 heavy (non-hydrogen) atoms. The van der Waals surface area contributed by atoms with Crippen molar-refractivity contribution < 1.29 is 39.8 Å². The molecule has 1 aliphatic rings. The molecule has 0 spiro atoms. The van der Waals surface area contributed by atoms with E-state index >= 15 is 0 Å². The lowest BCUT2D eigenvalue weighted by Gasteiger charge is -2.40. The fraction of sp³-hybridized carbons (Fsp3) is 0.863. The molecule has 0 aliphatic carbocycles. The molecular formula is C51H95NO8. The molecule has 352 valence electrons. The summed E-state index contributed by atoms with van der Waals surface area (Å²) >= 11 is 0. The molecule has 1 amide bonds. The van der Waals surface area contributed by atoms with Gasteiger partial charge in [0.15, 0.2) is 6.29 Å². The molecule has 6 N–H and O–H groups in total. The van der Waals surface area contributed by atoms with Gasteiger partial charge in [0.2, 0.25) is 5.91 Å². The van der Waals surface area contributed by atoms with E-state index in [0.717, 1.165) is 51.4 Å². The Balaban J connectivity index is 2.27. The van der Waals surface area contributed by atoms with Crippen LogP contribution in [0.5, 0.6) is 0 Å². The first-order valence-electron chi connectivity index (χ1n) is 25.2. The zero-order valence-electron chi connectivity index (χ0n) is 38.7. The first-order valence-corrected chi connectivity index (χ1v) is 25.2. The molecule has 7 unspecified atom stereocenters. The lowest BCUT2D eigenvalue weighted by Crippen LogP contribution is -2.60. The molecule has 1 heterocycles. The Kier molecular flexibility index (Phi) is 39.0. The number of aliphatic hydroxyl groups excluding tert-OH is 5. The Morgan fingerprint density at radius 1 is 0.550 bits per heavy atom. The van der Waals surface area contributed by atoms with Crippen LogP contribution in [0.25, 0.3) is 0 Å². The zero-order valence-corrected chi connectivity index (χ0v) is 38.7. The number of hydrogen-bond acceptors (Lipinski definition) is 8. The van der Waals surface area contributed by atoms with Gasteiger partial charge in [-0.05, 0) is 44.9 Å². The zero-order chi connectivity index (χ0) is 43.7. The number of aliphatic hydroxyl groups is 5. The number of rotatable bonds is 42. The minimum atomic E-state index is -1.57. The van der Waals surface area contributed by atoms with Crippen LogP contribution < -0.4 is 5.32 Å². The molecule has 0 aromatic carbocycles. The quantitative estimate of drug-likeness (QED) is 0.0263. The Morgan fingerprint density at radius 3 is 1.40 bits per heavy atom. The number of hydrogen-bond donors (Lipinski definition) is 6. The summed E-state index contributed by atoms with van der Waals surface area (Å²) in [6, 6.07) is -0.824. The van der Waals surface area contributed by atoms with Crippen molar-refractivity contribution in [1.82, 2.24) is 5.32 Å². The van der Waals surface area contributed by atoms with Crippen LogP contribution in [0.15, 0.2) is 36.5 Å². The standard InChI is InChI=1S/C51H95NO8/c1-3-5-7-9-11-13-15-17-19-20-21-22-23-24-25-26-27-29-31-33-35-37-39-41-47(55)52-44(43-59-51-50(58)49(57)48(56)46(42-53)60-51)45(54)40-38-36-34-32-30-28-18-16-14-12-10-8-6-4-2/h14,16,30,32,38,40,44-46,48-51,53-54,56-58H,3-13,15,17-29,31,33-37,39,41-43H2,1-2H3,(H,52,55)/b16-14+,32-30+,40-38+. The van der Waals surface area contributed by atoms with Gasteiger partial charge in [-0.3, -0.25) is 4.79 Å². The highest BCUT2D eigenvalue weighted by Gasteiger charge is 2.44. The molecule has 1 fully saturated rings. The van der Waals surface area contributed by atoms with Gasteiger partial charge in [0, 0.05) is 6.42 Å². The van der Waals surface area contributed by atoms with E-state index in [9.17, 15) is 30.3 Å². The number of carbonyl (C=O) groups is 1. The monoisotopic (exact) mass is 850 g/mol. The van der Waals surface area contributed by atoms with Crippen LogP contribution in [-0.4, -0.2) is 87.5 Å². The van der Waals surface area contributed by atoms with Crippen LogP contribution in [0.4, 0.5) is 0 Å². The van der Waals surface area contributed by atoms with E-state index in [1.165, 1.54) is 154 Å². The lowest BCUT2D eigenvalue weighted by molar-refractivity contribution is -0.302. The highest BCUT2D eigenvalue weighted by Crippen LogP contribution is 2.23. The predicted molar refractivity (Wildman–Crippen MR) is 249 cm³/mol. The van der Waals surface area contributed by atoms with E-state index in [1.807, 2.05) is 6.08 Å². The number of unbranched alkanes of at least 4 members (excludes halogenated alkanes) is 28. The van der Waals surface area contributed by atoms with Gasteiger partial charge in [-0.25, -0.2) is 0 Å². The van der Waals surface area contributed by atoms with Crippen molar-refractivity contribution in [2.24, 2.45) is 0 Å². The van der Waals surface area contributed by atoms with Crippen molar-refractivity contribution in [3.05, 3.63) is 36.5 Å². The second-order valence-electron chi connectivity index (χ2n) is 17.6. The van der Waals surface area contributed by atoms with E-state index in [-0.39, 0.29) is 12.5 Å². The highest BCUT2D eigenvalue weighted by atomic mass is 16.7. The van der Waals surface area contributed by atoms with Gasteiger partial charge in [0.25, 0.3) is 0 Å². The summed E-state index contributed by atoms with van der Waals surface area (Å²) in [4.78, 5) is 13.0. The topological polar surface area (TPSA) is 149 Å². The van der Waals surface area contributed by atoms with Crippen molar-refractivity contribution in [2.45, 2.75) is 269 Å². The number of allylic oxidation sites excluding steroid dienone is 5. The van der Waals surface area contributed by atoms with Crippen molar-refractivity contribution in [3.8, 4) is 0 Å². The summed E-state index contributed by atoms with van der Waals surface area (Å²) in [6.45, 7) is 3.74. The van der Waals surface area contributed by atoms with E-state index in [0.29, 0.717) is 6.42 Å². The minimum absolute atomic E-state index is 0.189. The molecule has 0 bridgehead atoms. The largest absolute Gasteiger partial charge is 0.394 e. The molecule has 0 saturated carbocycles. The summed E-state index contributed by atoms with van der Waals surface area (Å²) in [6.07, 6.45) is 44.9. The average Bonchev–Trinajstić information content (AvgIpc) is 3.25. The van der Waals surface area contributed by atoms with Crippen LogP contribution in [0.1, 0.15) is 226 Å². The Hall–Kier alpha value is -1.59. The Morgan fingerprint density at radius 2 is 0.950 bits per heavy atom. The first-order chi connectivity index (χ1) is 29.3. The fourth-order valence-electron chi connectivity index (χ4n) is 7.89. The summed E-state index contributed by atoms with van der Waals surface area (Å²) in [5.41, 5.74) is 0. The molecule has 1 saturated heterocycles. The smallest absolute Gasteiger partial charge is 0.220 e. The molecule has 7 atom stereocenters. The first kappa shape index (κ1) is 56.4. The van der Waals surface area contributed by atoms with Crippen LogP contribution >= 0.6 is 0 Å². The van der Waals surface area contributed by atoms with Crippen molar-refractivity contribution >= 4 is 5.91 Å². The van der Waals surface area contributed by atoms with Crippen molar-refractivity contribution in [3.63, 3.8) is 0 Å². The molecule has 1 rings (SSSR count). The molecule has 1 aliphatic heterocycles. The van der Waals surface area contributed by atoms with Crippen LogP contribution in [0.2, 0.25) is 0 Å². The molecule has 0 aromatic rings. The summed E-state index contributed by atoms with van der Waals surface area (Å²) in [7, 11) is 0. The lowest BCUT2D eigenvalue weighted by atomic mass is 9.99. The van der Waals surface area contributed by atoms with E-state index in [4.69, 9.17) is 9.47 Å². The van der Waals surface area contributed by atoms with Crippen molar-refractivity contribution in [2.75, 3.05) is 13.2 Å². The molecule has 9 heteroatoms. The van der Waals surface area contributed by atoms with E-state index in [1.54, 1.807) is 6.08 Å². The van der Waals surface area contributed by atoms with Gasteiger partial charge >= 0.3 is 0 Å². The van der Waals surface area contributed by atoms with Gasteiger partial charge < -0.3 is 40.3 Å². The minimum Gasteiger partial charge on any atom is -0.394 e. The summed E-state index contributed by atoms with van der Waals surface area (Å²) < 4.78 is 11.2. The maximum absolute atomic E-state index is 13.0. The molecular weight excluding hydrogens is 755 g/mol. The normalized spacial score (nSPS) is 20.8. The molecule has 0 radical (unpaired) electrons. The van der Waals surface area contributed by atoms with Crippen LogP contribution in [-0.2, 0) is 14.3 Å². The maximum atomic E-state index is 13.0. The predicted octanol–water partition coefficient (Wildman–Crippen LogP) is 11.2. The molecule has 9 nitrogen and oxygen atoms in total. The van der Waals surface area contributed by atoms with Crippen LogP contribution in [0, 0.1) is 0 Å². The number of amides is 1. The average molecular weight is 850 g/mol. The second kappa shape index (κ2) is 41.4. The van der Waals surface area contributed by atoms with E-state index < -0.39 is 49.5 Å². The summed E-state index contributed by atoms with van der Waals surface area (Å²) in [5.74, 6) is -0.189. The van der Waals surface area contributed by atoms with E-state index in [2.05, 4.69) is 43.5 Å². The SMILES string of the molecule is CCCCCC/C=C/CC/C=C/CC/C=C/C(O)C(COC1OC(CO)C(O)C(O)C1O)NC(=O)CCCCCCCCCCCCCCCCCCCCCCCCC. The third-order valence-electron chi connectivity index (χ3n) is 11.9. The maximum Gasteiger partial charge on any atom is 0.220 e. The highest BCUT2D eigenvalue weighted by molar-refractivity contribution is 5.76. The number of ether oxygens (including phenoxy) is 2. The van der Waals surface area contributed by atoms with Gasteiger partial charge in [-0.1, -0.05) is 211 Å². The van der Waals surface area contributed by atoms with Gasteiger partial charge in [-0.15, -0.1) is 0 Å². The molecule has 0 aromatic heterocycles. The Bertz CT molecular complexity index is 1030. The van der Waals surface area contributed by atoms with Gasteiger partial charge in [-0.2, -0.15) is 0 Å². The second-order valence-corrected chi connectivity index (χ2v) is 17.6.